The molecule has 0 spiro atoms. The molecule has 27 heteroatoms. The van der Waals surface area contributed by atoms with Crippen molar-refractivity contribution < 1.29 is 126 Å². The van der Waals surface area contributed by atoms with E-state index in [4.69, 9.17) is 34.6 Å². The smallest absolute Gasteiger partial charge is 0.456 e. The van der Waals surface area contributed by atoms with Crippen molar-refractivity contribution in [2.45, 2.75) is 105 Å². The summed E-state index contributed by atoms with van der Waals surface area (Å²) in [6.07, 6.45) is -6.58. The molecule has 85 heavy (non-hydrogen) atoms. The van der Waals surface area contributed by atoms with E-state index < -0.39 is 85.9 Å². The summed E-state index contributed by atoms with van der Waals surface area (Å²) in [5.74, 6) is -14.5. The number of carboxylic acids is 2. The van der Waals surface area contributed by atoms with Gasteiger partial charge in [-0.05, 0) is 109 Å². The topological polar surface area (TPSA) is 239 Å². The van der Waals surface area contributed by atoms with Crippen LogP contribution in [0.5, 0.6) is 11.5 Å². The Morgan fingerprint density at radius 3 is 1.34 bits per heavy atom. The Morgan fingerprint density at radius 1 is 0.600 bits per heavy atom. The van der Waals surface area contributed by atoms with Crippen LogP contribution in [-0.2, 0) is 47.7 Å². The van der Waals surface area contributed by atoms with Gasteiger partial charge in [0.1, 0.15) is 24.7 Å². The molecular formula is C58H73F11O16. The lowest BCUT2D eigenvalue weighted by atomic mass is 9.91. The molecule has 4 rings (SSSR count). The van der Waals surface area contributed by atoms with Gasteiger partial charge in [-0.2, -0.15) is 43.9 Å². The Labute approximate surface area is 484 Å². The van der Waals surface area contributed by atoms with Crippen LogP contribution in [0.4, 0.5) is 48.6 Å². The van der Waals surface area contributed by atoms with E-state index in [-0.39, 0.29) is 54.5 Å². The minimum Gasteiger partial charge on any atom is -0.482 e. The number of carbonyl (C=O) groups is 6. The lowest BCUT2D eigenvalue weighted by molar-refractivity contribution is -0.294. The summed E-state index contributed by atoms with van der Waals surface area (Å²) in [5.41, 5.74) is 2.03. The maximum Gasteiger partial charge on any atom is 0.456 e. The molecule has 478 valence electrons. The zero-order chi connectivity index (χ0) is 65.2. The van der Waals surface area contributed by atoms with Gasteiger partial charge < -0.3 is 48.8 Å². The molecule has 0 fully saturated rings. The Bertz CT molecular complexity index is 2740. The number of benzene rings is 4. The van der Waals surface area contributed by atoms with Gasteiger partial charge in [-0.25, -0.2) is 19.2 Å². The highest BCUT2D eigenvalue weighted by atomic mass is 19.4. The van der Waals surface area contributed by atoms with Crippen LogP contribution in [0.3, 0.4) is 0 Å². The quantitative estimate of drug-likeness (QED) is 0.0234. The van der Waals surface area contributed by atoms with Gasteiger partial charge in [0.25, 0.3) is 0 Å². The molecular weight excluding hydrogens is 1160 g/mol. The molecule has 0 saturated heterocycles. The van der Waals surface area contributed by atoms with E-state index in [9.17, 15) is 72.7 Å². The van der Waals surface area contributed by atoms with Crippen LogP contribution < -0.4 is 9.47 Å². The lowest BCUT2D eigenvalue weighted by Crippen LogP contribution is -2.41. The van der Waals surface area contributed by atoms with Crippen LogP contribution in [0.1, 0.15) is 91.7 Å². The number of ether oxygens (including phenoxy) is 6. The molecule has 4 aromatic carbocycles. The van der Waals surface area contributed by atoms with Crippen LogP contribution in [0.15, 0.2) is 104 Å². The second-order valence-corrected chi connectivity index (χ2v) is 18.3. The van der Waals surface area contributed by atoms with Gasteiger partial charge >= 0.3 is 60.0 Å². The molecule has 2 unspecified atom stereocenters. The third-order valence-corrected chi connectivity index (χ3v) is 11.1. The van der Waals surface area contributed by atoms with Crippen molar-refractivity contribution >= 4 is 63.4 Å². The van der Waals surface area contributed by atoms with Crippen molar-refractivity contribution in [3.63, 3.8) is 0 Å². The monoisotopic (exact) mass is 1230 g/mol. The van der Waals surface area contributed by atoms with E-state index in [1.54, 1.807) is 56.3 Å². The predicted octanol–water partition coefficient (Wildman–Crippen LogP) is 12.7. The molecule has 0 aliphatic rings. The van der Waals surface area contributed by atoms with Gasteiger partial charge in [0.05, 0.1) is 24.5 Å². The number of aliphatic carboxylic acids is 2. The molecule has 0 aliphatic heterocycles. The second-order valence-electron chi connectivity index (χ2n) is 18.3. The Kier molecular flexibility index (Phi) is 38.0. The summed E-state index contributed by atoms with van der Waals surface area (Å²) < 4.78 is 150. The predicted molar refractivity (Wildman–Crippen MR) is 294 cm³/mol. The average Bonchev–Trinajstić information content (AvgIpc) is 3.66. The Hall–Kier alpha value is -7.81. The molecule has 0 radical (unpaired) electrons. The number of hydrogen-bond donors (Lipinski definition) is 4. The van der Waals surface area contributed by atoms with Crippen molar-refractivity contribution in [2.24, 2.45) is 11.3 Å². The van der Waals surface area contributed by atoms with Crippen molar-refractivity contribution in [3.05, 3.63) is 115 Å². The van der Waals surface area contributed by atoms with E-state index in [1.807, 2.05) is 58.0 Å². The minimum absolute atomic E-state index is 0. The van der Waals surface area contributed by atoms with E-state index >= 15 is 0 Å². The van der Waals surface area contributed by atoms with Crippen molar-refractivity contribution in [2.75, 3.05) is 52.9 Å². The minimum atomic E-state index is -5.78. The third kappa shape index (κ3) is 32.7. The largest absolute Gasteiger partial charge is 0.482 e. The Morgan fingerprint density at radius 2 is 1.00 bits per heavy atom. The zero-order valence-electron chi connectivity index (χ0n) is 48.0. The fourth-order valence-electron chi connectivity index (χ4n) is 5.12. The first-order valence-corrected chi connectivity index (χ1v) is 25.3. The maximum absolute atomic E-state index is 12.7. The summed E-state index contributed by atoms with van der Waals surface area (Å²) in [6, 6.07) is 21.2. The fraction of sp³-hybridized carbons (Fsp3) is 0.448. The average molecular weight is 1240 g/mol. The standard InChI is InChI=1S/C19H19F5O3.C17H13F5O3.C8H16O3.C6H10O3.C5H10O2.C3H4O2.FH/c1-3-12(2)13-4-5-15-9-16(7-6-14(15)8-13)26-10-17(25)27-11-18(20,21)19(22,23)24;1-2-11-3-4-13-8-14(6-5-12(13)7-11)24-9-15(23)25-10-16(18,19)17(20,21)22;1-4-8(2,3)7(10)11-6-5-9;1-5(2)6(8)9-4-3-7;1-3-4(2)5(6)7;1-2-3(4)5;/h4-9,12H,3,10-11H2,1-2H3;2-8H,1,9-10H2;9H,4-6H2,1-3H3;7H,1,3-4H2,2H3;4H,3H2,1-2H3,(H,6,7);2H,1H2,(H,4,5);1H. The van der Waals surface area contributed by atoms with Crippen LogP contribution in [0, 0.1) is 11.3 Å². The first-order chi connectivity index (χ1) is 38.8. The first kappa shape index (κ1) is 81.4. The van der Waals surface area contributed by atoms with E-state index in [0.717, 1.165) is 52.4 Å². The number of hydrogen-bond acceptors (Lipinski definition) is 14. The number of halogens is 11. The summed E-state index contributed by atoms with van der Waals surface area (Å²) >= 11 is 0. The fourth-order valence-corrected chi connectivity index (χ4v) is 5.12. The first-order valence-electron chi connectivity index (χ1n) is 25.3. The lowest BCUT2D eigenvalue weighted by Gasteiger charge is -2.19. The molecule has 0 saturated carbocycles. The molecule has 0 amide bonds. The molecule has 4 aromatic rings. The van der Waals surface area contributed by atoms with Gasteiger partial charge in [-0.1, -0.05) is 103 Å². The van der Waals surface area contributed by atoms with Crippen molar-refractivity contribution in [3.8, 4) is 11.5 Å². The normalized spacial score (nSPS) is 11.7. The van der Waals surface area contributed by atoms with Gasteiger partial charge in [-0.15, -0.1) is 0 Å². The number of esters is 4. The summed E-state index contributed by atoms with van der Waals surface area (Å²) in [6.45, 7) is 19.1. The number of carbonyl (C=O) groups excluding carboxylic acids is 4. The van der Waals surface area contributed by atoms with Gasteiger partial charge in [0, 0.05) is 11.6 Å². The van der Waals surface area contributed by atoms with Gasteiger partial charge in [-0.3, -0.25) is 14.3 Å². The second kappa shape index (κ2) is 39.7. The van der Waals surface area contributed by atoms with Crippen molar-refractivity contribution in [1.29, 1.82) is 0 Å². The number of aliphatic hydroxyl groups excluding tert-OH is 2. The summed E-state index contributed by atoms with van der Waals surface area (Å²) in [4.78, 5) is 63.4. The van der Waals surface area contributed by atoms with E-state index in [0.29, 0.717) is 11.5 Å². The molecule has 0 bridgehead atoms. The molecule has 0 heterocycles. The highest BCUT2D eigenvalue weighted by molar-refractivity contribution is 5.87. The Balaban J connectivity index is -0.00000105. The van der Waals surface area contributed by atoms with E-state index in [2.05, 4.69) is 47.8 Å². The number of fused-ring (bicyclic) bond motifs is 2. The highest BCUT2D eigenvalue weighted by Crippen LogP contribution is 2.37. The summed E-state index contributed by atoms with van der Waals surface area (Å²) in [5, 5.41) is 35.8. The maximum atomic E-state index is 12.7. The number of aliphatic hydroxyl groups is 2. The summed E-state index contributed by atoms with van der Waals surface area (Å²) in [7, 11) is 0. The van der Waals surface area contributed by atoms with Crippen LogP contribution in [-0.4, -0.2) is 133 Å². The molecule has 16 nitrogen and oxygen atoms in total. The van der Waals surface area contributed by atoms with Crippen LogP contribution in [0.25, 0.3) is 27.6 Å². The van der Waals surface area contributed by atoms with Gasteiger partial charge in [0.15, 0.2) is 26.4 Å². The highest BCUT2D eigenvalue weighted by Gasteiger charge is 2.59. The molecule has 4 N–H and O–H groups in total. The SMILES string of the molecule is C=C(C)C(=O)OCCO.C=CC(=O)O.C=Cc1ccc2cc(OCC(=O)OCC(F)(F)C(F)(F)F)ccc2c1.CCC(C)(C)C(=O)OCCO.CCC(C)C(=O)O.CCC(C)c1ccc2cc(OCC(=O)OCC(F)(F)C(F)(F)F)ccc2c1.F. The molecule has 2 atom stereocenters. The van der Waals surface area contributed by atoms with Crippen molar-refractivity contribution in [1.82, 2.24) is 0 Å². The number of alkyl halides is 10. The third-order valence-electron chi connectivity index (χ3n) is 11.1. The van der Waals surface area contributed by atoms with Gasteiger partial charge in [0.2, 0.25) is 0 Å². The van der Waals surface area contributed by atoms with Crippen LogP contribution in [0.2, 0.25) is 0 Å². The number of carboxylic acid groups (broad SMARTS) is 2. The molecule has 0 aromatic heterocycles. The number of rotatable bonds is 23. The zero-order valence-corrected chi connectivity index (χ0v) is 48.0. The van der Waals surface area contributed by atoms with E-state index in [1.165, 1.54) is 11.6 Å². The van der Waals surface area contributed by atoms with Crippen LogP contribution >= 0.6 is 0 Å². The molecule has 0 aliphatic carbocycles.